The molecule has 0 spiro atoms. The number of halogens is 1. The van der Waals surface area contributed by atoms with Gasteiger partial charge in [0.15, 0.2) is 0 Å². The second kappa shape index (κ2) is 7.35. The summed E-state index contributed by atoms with van der Waals surface area (Å²) in [7, 11) is 0. The van der Waals surface area contributed by atoms with Crippen molar-refractivity contribution >= 4 is 23.4 Å². The third-order valence-corrected chi connectivity index (χ3v) is 5.24. The number of aryl methyl sites for hydroxylation is 1. The van der Waals surface area contributed by atoms with Gasteiger partial charge in [0.25, 0.3) is 0 Å². The van der Waals surface area contributed by atoms with Gasteiger partial charge in [-0.3, -0.25) is 0 Å². The van der Waals surface area contributed by atoms with Gasteiger partial charge in [-0.1, -0.05) is 41.9 Å². The van der Waals surface area contributed by atoms with E-state index in [1.54, 1.807) is 0 Å². The van der Waals surface area contributed by atoms with Crippen molar-refractivity contribution < 1.29 is 0 Å². The van der Waals surface area contributed by atoms with Crippen LogP contribution in [0.4, 0.5) is 0 Å². The Balaban J connectivity index is 1.54. The highest BCUT2D eigenvalue weighted by Crippen LogP contribution is 2.37. The summed E-state index contributed by atoms with van der Waals surface area (Å²) < 4.78 is 0. The number of rotatable bonds is 5. The lowest BCUT2D eigenvalue weighted by molar-refractivity contribution is 0.502. The van der Waals surface area contributed by atoms with E-state index >= 15 is 0 Å². The Morgan fingerprint density at radius 1 is 1.14 bits per heavy atom. The topological polar surface area (TPSA) is 12.0 Å². The van der Waals surface area contributed by atoms with Gasteiger partial charge in [0, 0.05) is 16.0 Å². The lowest BCUT2D eigenvalue weighted by Gasteiger charge is -2.26. The van der Waals surface area contributed by atoms with Crippen molar-refractivity contribution in [1.82, 2.24) is 5.32 Å². The molecule has 2 aromatic rings. The molecule has 0 saturated heterocycles. The molecule has 0 saturated carbocycles. The number of fused-ring (bicyclic) bond motifs is 1. The normalized spacial score (nSPS) is 17.5. The molecular weight excluding hydrogens is 298 g/mol. The molecule has 2 aromatic carbocycles. The minimum Gasteiger partial charge on any atom is -0.310 e. The number of hydrogen-bond donors (Lipinski definition) is 1. The summed E-state index contributed by atoms with van der Waals surface area (Å²) in [6.45, 7) is 1.05. The van der Waals surface area contributed by atoms with Crippen molar-refractivity contribution in [3.8, 4) is 0 Å². The van der Waals surface area contributed by atoms with Gasteiger partial charge in [0.05, 0.1) is 0 Å². The van der Waals surface area contributed by atoms with Crippen molar-refractivity contribution in [2.75, 3.05) is 12.3 Å². The van der Waals surface area contributed by atoms with Crippen LogP contribution in [0.5, 0.6) is 0 Å². The summed E-state index contributed by atoms with van der Waals surface area (Å²) >= 11 is 8.08. The second-order valence-electron chi connectivity index (χ2n) is 5.42. The zero-order chi connectivity index (χ0) is 14.5. The van der Waals surface area contributed by atoms with E-state index in [0.717, 1.165) is 18.0 Å². The molecule has 0 bridgehead atoms. The van der Waals surface area contributed by atoms with E-state index in [1.807, 2.05) is 17.8 Å². The van der Waals surface area contributed by atoms with Crippen LogP contribution in [-0.4, -0.2) is 12.3 Å². The predicted molar refractivity (Wildman–Crippen MR) is 92.3 cm³/mol. The molecule has 1 N–H and O–H groups in total. The number of benzene rings is 2. The molecule has 0 fully saturated rings. The molecule has 21 heavy (non-hydrogen) atoms. The van der Waals surface area contributed by atoms with E-state index in [0.29, 0.717) is 6.04 Å². The maximum atomic E-state index is 6.15. The van der Waals surface area contributed by atoms with Gasteiger partial charge in [0.1, 0.15) is 0 Å². The standard InChI is InChI=1S/C18H20ClNS/c19-15-8-9-18-16(13-15)17(10-12-21-18)20-11-4-7-14-5-2-1-3-6-14/h1-3,5-6,8-9,13,17,20H,4,7,10-12H2. The Kier molecular flexibility index (Phi) is 5.23. The zero-order valence-corrected chi connectivity index (χ0v) is 13.6. The van der Waals surface area contributed by atoms with Crippen LogP contribution in [0.2, 0.25) is 5.02 Å². The van der Waals surface area contributed by atoms with E-state index in [-0.39, 0.29) is 0 Å². The van der Waals surface area contributed by atoms with Crippen LogP contribution in [0.3, 0.4) is 0 Å². The third-order valence-electron chi connectivity index (χ3n) is 3.89. The highest BCUT2D eigenvalue weighted by molar-refractivity contribution is 7.99. The molecule has 110 valence electrons. The molecule has 1 heterocycles. The van der Waals surface area contributed by atoms with Crippen LogP contribution in [-0.2, 0) is 6.42 Å². The molecule has 0 aliphatic carbocycles. The maximum absolute atomic E-state index is 6.15. The predicted octanol–water partition coefficient (Wildman–Crippen LogP) is 5.10. The number of nitrogens with one attached hydrogen (secondary N) is 1. The lowest BCUT2D eigenvalue weighted by Crippen LogP contribution is -2.25. The van der Waals surface area contributed by atoms with Crippen molar-refractivity contribution in [3.05, 3.63) is 64.7 Å². The van der Waals surface area contributed by atoms with Gasteiger partial charge in [-0.2, -0.15) is 0 Å². The first-order valence-electron chi connectivity index (χ1n) is 7.52. The zero-order valence-electron chi connectivity index (χ0n) is 12.0. The van der Waals surface area contributed by atoms with E-state index in [9.17, 15) is 0 Å². The molecule has 1 aliphatic heterocycles. The van der Waals surface area contributed by atoms with Gasteiger partial charge in [-0.25, -0.2) is 0 Å². The summed E-state index contributed by atoms with van der Waals surface area (Å²) in [6, 6.07) is 17.4. The summed E-state index contributed by atoms with van der Waals surface area (Å²) in [4.78, 5) is 1.38. The van der Waals surface area contributed by atoms with Crippen molar-refractivity contribution in [2.24, 2.45) is 0 Å². The van der Waals surface area contributed by atoms with Gasteiger partial charge in [0.2, 0.25) is 0 Å². The van der Waals surface area contributed by atoms with Crippen LogP contribution >= 0.6 is 23.4 Å². The maximum Gasteiger partial charge on any atom is 0.0410 e. The Morgan fingerprint density at radius 2 is 2.00 bits per heavy atom. The largest absolute Gasteiger partial charge is 0.310 e. The van der Waals surface area contributed by atoms with Crippen LogP contribution in [0.15, 0.2) is 53.4 Å². The monoisotopic (exact) mass is 317 g/mol. The molecule has 3 rings (SSSR count). The highest BCUT2D eigenvalue weighted by atomic mass is 35.5. The lowest BCUT2D eigenvalue weighted by atomic mass is 10.0. The Morgan fingerprint density at radius 3 is 2.86 bits per heavy atom. The third kappa shape index (κ3) is 4.03. The van der Waals surface area contributed by atoms with Gasteiger partial charge in [-0.05, 0) is 60.9 Å². The van der Waals surface area contributed by atoms with Crippen LogP contribution < -0.4 is 5.32 Å². The highest BCUT2D eigenvalue weighted by Gasteiger charge is 2.20. The second-order valence-corrected chi connectivity index (χ2v) is 6.99. The molecule has 0 amide bonds. The SMILES string of the molecule is Clc1ccc2c(c1)C(NCCCc1ccccc1)CCS2. The first-order valence-corrected chi connectivity index (χ1v) is 8.89. The minimum absolute atomic E-state index is 0.454. The molecule has 1 aliphatic rings. The Labute approximate surface area is 136 Å². The molecule has 1 unspecified atom stereocenters. The molecule has 0 radical (unpaired) electrons. The van der Waals surface area contributed by atoms with E-state index < -0.39 is 0 Å². The summed E-state index contributed by atoms with van der Waals surface area (Å²) in [5.74, 6) is 1.19. The first kappa shape index (κ1) is 15.0. The van der Waals surface area contributed by atoms with Crippen molar-refractivity contribution in [1.29, 1.82) is 0 Å². The quantitative estimate of drug-likeness (QED) is 0.770. The molecular formula is C18H20ClNS. The van der Waals surface area contributed by atoms with Crippen molar-refractivity contribution in [2.45, 2.75) is 30.2 Å². The minimum atomic E-state index is 0.454. The number of hydrogen-bond acceptors (Lipinski definition) is 2. The fraction of sp³-hybridized carbons (Fsp3) is 0.333. The fourth-order valence-corrected chi connectivity index (χ4v) is 4.08. The smallest absolute Gasteiger partial charge is 0.0410 e. The van der Waals surface area contributed by atoms with Crippen LogP contribution in [0, 0.1) is 0 Å². The molecule has 3 heteroatoms. The van der Waals surface area contributed by atoms with Gasteiger partial charge < -0.3 is 5.32 Å². The Hall–Kier alpha value is -0.960. The summed E-state index contributed by atoms with van der Waals surface area (Å²) in [5, 5.41) is 4.54. The fourth-order valence-electron chi connectivity index (χ4n) is 2.79. The van der Waals surface area contributed by atoms with Crippen LogP contribution in [0.1, 0.15) is 30.0 Å². The molecule has 1 atom stereocenters. The van der Waals surface area contributed by atoms with E-state index in [4.69, 9.17) is 11.6 Å². The van der Waals surface area contributed by atoms with Crippen LogP contribution in [0.25, 0.3) is 0 Å². The first-order chi connectivity index (χ1) is 10.3. The Bertz CT molecular complexity index is 585. The summed E-state index contributed by atoms with van der Waals surface area (Å²) in [5.41, 5.74) is 2.79. The average molecular weight is 318 g/mol. The van der Waals surface area contributed by atoms with E-state index in [1.165, 1.54) is 34.6 Å². The molecule has 0 aromatic heterocycles. The van der Waals surface area contributed by atoms with Crippen molar-refractivity contribution in [3.63, 3.8) is 0 Å². The van der Waals surface area contributed by atoms with Gasteiger partial charge >= 0.3 is 0 Å². The number of thioether (sulfide) groups is 1. The van der Waals surface area contributed by atoms with E-state index in [2.05, 4.69) is 47.8 Å². The summed E-state index contributed by atoms with van der Waals surface area (Å²) in [6.07, 6.45) is 3.49. The van der Waals surface area contributed by atoms with Gasteiger partial charge in [-0.15, -0.1) is 11.8 Å². The molecule has 1 nitrogen and oxygen atoms in total. The average Bonchev–Trinajstić information content (AvgIpc) is 2.53.